The topological polar surface area (TPSA) is 101 Å². The van der Waals surface area contributed by atoms with Gasteiger partial charge in [-0.05, 0) is 58.4 Å². The van der Waals surface area contributed by atoms with E-state index in [4.69, 9.17) is 4.18 Å². The van der Waals surface area contributed by atoms with Gasteiger partial charge in [0.2, 0.25) is 0 Å². The molecule has 0 heterocycles. The highest BCUT2D eigenvalue weighted by Gasteiger charge is 2.31. The molecule has 0 spiro atoms. The molecule has 6 nitrogen and oxygen atoms in total. The van der Waals surface area contributed by atoms with Crippen LogP contribution in [0.4, 0.5) is 0 Å². The van der Waals surface area contributed by atoms with Gasteiger partial charge in [-0.1, -0.05) is 81.4 Å². The maximum absolute atomic E-state index is 14.0. The summed E-state index contributed by atoms with van der Waals surface area (Å²) in [7, 11) is -9.03. The second-order valence-corrected chi connectivity index (χ2v) is 13.6. The Morgan fingerprint density at radius 3 is 1.26 bits per heavy atom. The van der Waals surface area contributed by atoms with Crippen LogP contribution in [-0.4, -0.2) is 21.4 Å². The van der Waals surface area contributed by atoms with Crippen molar-refractivity contribution in [1.82, 2.24) is 0 Å². The molecule has 0 aromatic heterocycles. The largest absolute Gasteiger partial charge is 0.744 e. The van der Waals surface area contributed by atoms with Gasteiger partial charge in [0.25, 0.3) is 0 Å². The Labute approximate surface area is 212 Å². The van der Waals surface area contributed by atoms with Crippen LogP contribution in [0.2, 0.25) is 0 Å². The number of benzene rings is 2. The monoisotopic (exact) mass is 523 g/mol. The van der Waals surface area contributed by atoms with Gasteiger partial charge in [0.15, 0.2) is 0 Å². The Hall–Kier alpha value is -1.90. The molecule has 0 saturated heterocycles. The van der Waals surface area contributed by atoms with E-state index in [1.165, 1.54) is 12.1 Å². The van der Waals surface area contributed by atoms with Crippen LogP contribution >= 0.6 is 0 Å². The first-order valence-corrected chi connectivity index (χ1v) is 15.0. The molecule has 0 amide bonds. The van der Waals surface area contributed by atoms with E-state index in [0.717, 1.165) is 5.56 Å². The maximum atomic E-state index is 14.0. The van der Waals surface area contributed by atoms with Crippen LogP contribution < -0.4 is 4.18 Å². The minimum atomic E-state index is -4.73. The molecular formula is C27H39O6S2-. The summed E-state index contributed by atoms with van der Waals surface area (Å²) in [5, 5.41) is 0. The summed E-state index contributed by atoms with van der Waals surface area (Å²) in [6, 6.07) is 6.35. The van der Waals surface area contributed by atoms with Crippen molar-refractivity contribution in [3.63, 3.8) is 0 Å². The van der Waals surface area contributed by atoms with Crippen molar-refractivity contribution in [2.24, 2.45) is 0 Å². The molecule has 2 rings (SSSR count). The third kappa shape index (κ3) is 6.46. The fourth-order valence-electron chi connectivity index (χ4n) is 4.07. The molecule has 2 aromatic rings. The highest BCUT2D eigenvalue weighted by Crippen LogP contribution is 2.41. The van der Waals surface area contributed by atoms with Crippen LogP contribution in [-0.2, 0) is 20.2 Å². The molecular weight excluding hydrogens is 484 g/mol. The lowest BCUT2D eigenvalue weighted by Crippen LogP contribution is -2.19. The fraction of sp³-hybridized carbons (Fsp3) is 0.556. The number of hydrogen-bond donors (Lipinski definition) is 0. The van der Waals surface area contributed by atoms with Crippen LogP contribution in [0.1, 0.15) is 127 Å². The van der Waals surface area contributed by atoms with Gasteiger partial charge in [0, 0.05) is 11.1 Å². The average Bonchev–Trinajstić information content (AvgIpc) is 2.70. The SMILES string of the molecule is CC(C)c1cc(C(C)C)c(S(=O)(=O)Oc2c(C(C)C)cc(S(=O)(=O)[O-])cc2C(C)C)c(C(C)C)c1. The zero-order chi connectivity index (χ0) is 27.0. The molecule has 0 aliphatic carbocycles. The van der Waals surface area contributed by atoms with Gasteiger partial charge in [-0.2, -0.15) is 8.42 Å². The third-order valence-electron chi connectivity index (χ3n) is 6.18. The van der Waals surface area contributed by atoms with E-state index < -0.39 is 20.2 Å². The summed E-state index contributed by atoms with van der Waals surface area (Å²) in [5.41, 5.74) is 3.18. The van der Waals surface area contributed by atoms with Crippen molar-refractivity contribution in [2.45, 2.75) is 109 Å². The van der Waals surface area contributed by atoms with E-state index in [9.17, 15) is 21.4 Å². The first-order valence-electron chi connectivity index (χ1n) is 12.1. The second kappa shape index (κ2) is 10.6. The molecule has 0 saturated carbocycles. The summed E-state index contributed by atoms with van der Waals surface area (Å²) >= 11 is 0. The molecule has 0 atom stereocenters. The Kier molecular flexibility index (Phi) is 8.89. The molecule has 0 N–H and O–H groups in total. The van der Waals surface area contributed by atoms with Crippen molar-refractivity contribution in [1.29, 1.82) is 0 Å². The number of rotatable bonds is 9. The first-order chi connectivity index (χ1) is 15.9. The van der Waals surface area contributed by atoms with E-state index in [0.29, 0.717) is 22.3 Å². The Balaban J connectivity index is 2.91. The van der Waals surface area contributed by atoms with Crippen LogP contribution in [0.25, 0.3) is 0 Å². The zero-order valence-electron chi connectivity index (χ0n) is 22.5. The van der Waals surface area contributed by atoms with Gasteiger partial charge in [0.05, 0.1) is 4.90 Å². The van der Waals surface area contributed by atoms with E-state index in [1.54, 1.807) is 27.7 Å². The summed E-state index contributed by atoms with van der Waals surface area (Å²) < 4.78 is 69.3. The van der Waals surface area contributed by atoms with Crippen LogP contribution in [0, 0.1) is 0 Å². The molecule has 0 unspecified atom stereocenters. The zero-order valence-corrected chi connectivity index (χ0v) is 24.1. The molecule has 0 bridgehead atoms. The molecule has 8 heteroatoms. The molecule has 0 radical (unpaired) electrons. The molecule has 2 aromatic carbocycles. The minimum absolute atomic E-state index is 0.0679. The minimum Gasteiger partial charge on any atom is -0.744 e. The lowest BCUT2D eigenvalue weighted by atomic mass is 9.89. The highest BCUT2D eigenvalue weighted by molar-refractivity contribution is 7.87. The molecule has 0 aliphatic rings. The maximum Gasteiger partial charge on any atom is 0.339 e. The van der Waals surface area contributed by atoms with Gasteiger partial charge in [0.1, 0.15) is 20.8 Å². The van der Waals surface area contributed by atoms with Crippen molar-refractivity contribution >= 4 is 20.2 Å². The third-order valence-corrected chi connectivity index (χ3v) is 8.35. The smallest absolute Gasteiger partial charge is 0.339 e. The van der Waals surface area contributed by atoms with Crippen molar-refractivity contribution in [3.8, 4) is 5.75 Å². The average molecular weight is 524 g/mol. The van der Waals surface area contributed by atoms with E-state index in [1.807, 2.05) is 39.8 Å². The summed E-state index contributed by atoms with van der Waals surface area (Å²) in [6.45, 7) is 19.2. The normalized spacial score (nSPS) is 13.0. The van der Waals surface area contributed by atoms with E-state index >= 15 is 0 Å². The van der Waals surface area contributed by atoms with Crippen molar-refractivity contribution in [3.05, 3.63) is 52.1 Å². The van der Waals surface area contributed by atoms with Crippen LogP contribution in [0.15, 0.2) is 34.1 Å². The molecule has 196 valence electrons. The molecule has 0 aliphatic heterocycles. The second-order valence-electron chi connectivity index (χ2n) is 10.7. The van der Waals surface area contributed by atoms with Gasteiger partial charge in [-0.25, -0.2) is 8.42 Å². The van der Waals surface area contributed by atoms with Gasteiger partial charge in [-0.15, -0.1) is 0 Å². The van der Waals surface area contributed by atoms with Crippen LogP contribution in [0.3, 0.4) is 0 Å². The Morgan fingerprint density at radius 2 is 0.971 bits per heavy atom. The quantitative estimate of drug-likeness (QED) is 0.260. The molecule has 35 heavy (non-hydrogen) atoms. The van der Waals surface area contributed by atoms with Gasteiger partial charge in [-0.3, -0.25) is 0 Å². The van der Waals surface area contributed by atoms with Crippen LogP contribution in [0.5, 0.6) is 5.75 Å². The highest BCUT2D eigenvalue weighted by atomic mass is 32.2. The Morgan fingerprint density at radius 1 is 0.600 bits per heavy atom. The fourth-order valence-corrected chi connectivity index (χ4v) is 6.28. The van der Waals surface area contributed by atoms with Gasteiger partial charge < -0.3 is 8.74 Å². The lowest BCUT2D eigenvalue weighted by molar-refractivity contribution is 0.461. The standard InChI is InChI=1S/C27H40O6S2/c1-15(2)20-11-24(18(7)8)27(25(12-20)19(9)10)35(31,32)33-26-22(16(3)4)13-21(34(28,29)30)14-23(26)17(5)6/h11-19H,1-10H3,(H,28,29,30)/p-1. The summed E-state index contributed by atoms with van der Waals surface area (Å²) in [4.78, 5) is -0.224. The van der Waals surface area contributed by atoms with Gasteiger partial charge >= 0.3 is 10.1 Å². The predicted octanol–water partition coefficient (Wildman–Crippen LogP) is 6.98. The van der Waals surface area contributed by atoms with E-state index in [2.05, 4.69) is 13.8 Å². The summed E-state index contributed by atoms with van der Waals surface area (Å²) in [5.74, 6) is -0.374. The van der Waals surface area contributed by atoms with Crippen molar-refractivity contribution < 1.29 is 25.6 Å². The Bertz CT molecular complexity index is 1230. The van der Waals surface area contributed by atoms with Crippen molar-refractivity contribution in [2.75, 3.05) is 0 Å². The number of hydrogen-bond acceptors (Lipinski definition) is 6. The van der Waals surface area contributed by atoms with E-state index in [-0.39, 0.29) is 45.1 Å². The molecule has 0 fully saturated rings. The first kappa shape index (κ1) is 29.3. The predicted molar refractivity (Wildman–Crippen MR) is 139 cm³/mol. The lowest BCUT2D eigenvalue weighted by Gasteiger charge is -2.25. The summed E-state index contributed by atoms with van der Waals surface area (Å²) in [6.07, 6.45) is 0.